The summed E-state index contributed by atoms with van der Waals surface area (Å²) in [4.78, 5) is 1.17. The Kier molecular flexibility index (Phi) is 7.47. The number of fused-ring (bicyclic) bond motifs is 1. The van der Waals surface area contributed by atoms with Crippen LogP contribution in [0.15, 0.2) is 35.8 Å². The third-order valence-corrected chi connectivity index (χ3v) is 7.49. The van der Waals surface area contributed by atoms with Crippen molar-refractivity contribution in [3.63, 3.8) is 0 Å². The van der Waals surface area contributed by atoms with Crippen molar-refractivity contribution in [1.82, 2.24) is 0 Å². The van der Waals surface area contributed by atoms with Crippen molar-refractivity contribution in [2.75, 3.05) is 0 Å². The second kappa shape index (κ2) is 9.03. The van der Waals surface area contributed by atoms with Crippen LogP contribution in [0.5, 0.6) is 0 Å². The normalized spacial score (nSPS) is 18.4. The van der Waals surface area contributed by atoms with Gasteiger partial charge in [-0.3, -0.25) is 0 Å². The summed E-state index contributed by atoms with van der Waals surface area (Å²) in [6.45, 7) is 20.8. The molecule has 1 aromatic carbocycles. The predicted molar refractivity (Wildman–Crippen MR) is 125 cm³/mol. The summed E-state index contributed by atoms with van der Waals surface area (Å²) in [5, 5.41) is 2.35. The largest absolute Gasteiger partial charge is 0.0981 e. The maximum Gasteiger partial charge on any atom is 0.0116 e. The number of thioether (sulfide) groups is 1. The van der Waals surface area contributed by atoms with Gasteiger partial charge in [-0.05, 0) is 77.5 Å². The molecule has 0 nitrogen and oxygen atoms in total. The van der Waals surface area contributed by atoms with E-state index in [4.69, 9.17) is 0 Å². The van der Waals surface area contributed by atoms with Crippen molar-refractivity contribution in [3.8, 4) is 0 Å². The van der Waals surface area contributed by atoms with Gasteiger partial charge in [0.1, 0.15) is 0 Å². The summed E-state index contributed by atoms with van der Waals surface area (Å²) in [5.41, 5.74) is 6.39. The lowest BCUT2D eigenvalue weighted by Gasteiger charge is -2.42. The summed E-state index contributed by atoms with van der Waals surface area (Å²) >= 11 is 1.81. The molecule has 0 amide bonds. The van der Waals surface area contributed by atoms with E-state index < -0.39 is 0 Å². The number of hydrogen-bond acceptors (Lipinski definition) is 1. The summed E-state index contributed by atoms with van der Waals surface area (Å²) in [7, 11) is 0. The van der Waals surface area contributed by atoms with Crippen LogP contribution in [0.3, 0.4) is 0 Å². The van der Waals surface area contributed by atoms with Crippen LogP contribution in [-0.4, -0.2) is 0 Å². The lowest BCUT2D eigenvalue weighted by Crippen LogP contribution is -2.33. The molecule has 0 unspecified atom stereocenters. The average Bonchev–Trinajstić information content (AvgIpc) is 2.63. The van der Waals surface area contributed by atoms with Gasteiger partial charge in [0.2, 0.25) is 0 Å². The first-order valence-corrected chi connectivity index (χ1v) is 11.7. The average molecular weight is 385 g/mol. The Hall–Kier alpha value is -0.950. The van der Waals surface area contributed by atoms with Crippen molar-refractivity contribution in [1.29, 1.82) is 0 Å². The van der Waals surface area contributed by atoms with Gasteiger partial charge in [-0.2, -0.15) is 0 Å². The molecular weight excluding hydrogens is 344 g/mol. The molecule has 0 saturated carbocycles. The predicted octanol–water partition coefficient (Wildman–Crippen LogP) is 8.86. The van der Waals surface area contributed by atoms with Crippen LogP contribution >= 0.6 is 11.8 Å². The van der Waals surface area contributed by atoms with E-state index >= 15 is 0 Å². The lowest BCUT2D eigenvalue weighted by atomic mass is 9.63. The zero-order chi connectivity index (χ0) is 20.2. The van der Waals surface area contributed by atoms with E-state index in [9.17, 15) is 0 Å². The molecule has 0 N–H and O–H groups in total. The van der Waals surface area contributed by atoms with Gasteiger partial charge in [-0.25, -0.2) is 0 Å². The van der Waals surface area contributed by atoms with Crippen LogP contribution in [0, 0.1) is 5.92 Å². The van der Waals surface area contributed by atoms with Crippen molar-refractivity contribution >= 4 is 16.7 Å². The highest BCUT2D eigenvalue weighted by molar-refractivity contribution is 8.10. The maximum atomic E-state index is 4.40. The zero-order valence-electron chi connectivity index (χ0n) is 18.7. The molecule has 0 radical (unpaired) electrons. The first kappa shape index (κ1) is 22.3. The highest BCUT2D eigenvalue weighted by Crippen LogP contribution is 2.46. The Morgan fingerprint density at radius 3 is 2.15 bits per heavy atom. The molecule has 1 aliphatic rings. The van der Waals surface area contributed by atoms with Gasteiger partial charge in [-0.1, -0.05) is 90.4 Å². The molecule has 0 saturated heterocycles. The zero-order valence-corrected chi connectivity index (χ0v) is 19.6. The Morgan fingerprint density at radius 1 is 1.04 bits per heavy atom. The summed E-state index contributed by atoms with van der Waals surface area (Å²) in [6.07, 6.45) is 7.63. The molecule has 1 aromatic rings. The first-order chi connectivity index (χ1) is 12.6. The highest BCUT2D eigenvalue weighted by Gasteiger charge is 2.36. The van der Waals surface area contributed by atoms with E-state index in [0.717, 1.165) is 5.92 Å². The topological polar surface area (TPSA) is 0 Å². The van der Waals surface area contributed by atoms with Crippen LogP contribution in [0.4, 0.5) is 0 Å². The van der Waals surface area contributed by atoms with Gasteiger partial charge in [-0.15, -0.1) is 0 Å². The molecule has 0 aromatic heterocycles. The van der Waals surface area contributed by atoms with Crippen LogP contribution in [0.2, 0.25) is 0 Å². The van der Waals surface area contributed by atoms with E-state index in [2.05, 4.69) is 78.7 Å². The monoisotopic (exact) mass is 384 g/mol. The minimum atomic E-state index is 0.255. The Bertz CT molecular complexity index is 684. The van der Waals surface area contributed by atoms with E-state index in [1.807, 2.05) is 11.8 Å². The summed E-state index contributed by atoms with van der Waals surface area (Å²) < 4.78 is 0. The SMILES string of the molecule is C=C(S/C=C(\C)C(CCC)CCC)c1ccc2c(c1)C(C)(C)CCC2(C)C. The third kappa shape index (κ3) is 5.31. The number of rotatable bonds is 8. The molecule has 0 atom stereocenters. The molecule has 0 bridgehead atoms. The number of benzene rings is 1. The van der Waals surface area contributed by atoms with Crippen molar-refractivity contribution < 1.29 is 0 Å². The standard InChI is InChI=1S/C26H40S/c1-9-11-21(12-10-2)19(3)18-27-20(4)22-13-14-23-24(17-22)26(7,8)16-15-25(23,5)6/h13-14,17-18,21H,4,9-12,15-16H2,1-3,5-8H3/b19-18+. The number of allylic oxidation sites excluding steroid dienone is 1. The second-order valence-corrected chi connectivity index (χ2v) is 10.7. The van der Waals surface area contributed by atoms with Gasteiger partial charge in [0.05, 0.1) is 0 Å². The van der Waals surface area contributed by atoms with E-state index in [-0.39, 0.29) is 10.8 Å². The van der Waals surface area contributed by atoms with Crippen LogP contribution in [-0.2, 0) is 10.8 Å². The molecule has 0 spiro atoms. The van der Waals surface area contributed by atoms with E-state index in [0.29, 0.717) is 0 Å². The molecule has 0 heterocycles. The molecule has 2 rings (SSSR count). The minimum Gasteiger partial charge on any atom is -0.0981 e. The smallest absolute Gasteiger partial charge is 0.0116 e. The van der Waals surface area contributed by atoms with Gasteiger partial charge < -0.3 is 0 Å². The Morgan fingerprint density at radius 2 is 1.59 bits per heavy atom. The highest BCUT2D eigenvalue weighted by atomic mass is 32.2. The van der Waals surface area contributed by atoms with Gasteiger partial charge in [0.25, 0.3) is 0 Å². The molecule has 27 heavy (non-hydrogen) atoms. The second-order valence-electron chi connectivity index (χ2n) is 9.71. The quantitative estimate of drug-likeness (QED) is 0.431. The van der Waals surface area contributed by atoms with Crippen molar-refractivity contribution in [2.45, 2.75) is 97.8 Å². The fourth-order valence-corrected chi connectivity index (χ4v) is 5.17. The van der Waals surface area contributed by atoms with Crippen LogP contribution < -0.4 is 0 Å². The lowest BCUT2D eigenvalue weighted by molar-refractivity contribution is 0.332. The Balaban J connectivity index is 2.22. The summed E-state index contributed by atoms with van der Waals surface area (Å²) in [5.74, 6) is 0.726. The van der Waals surface area contributed by atoms with Gasteiger partial charge >= 0.3 is 0 Å². The molecule has 150 valence electrons. The Labute approximate surface area is 172 Å². The fraction of sp³-hybridized carbons (Fsp3) is 0.615. The van der Waals surface area contributed by atoms with Crippen molar-refractivity contribution in [2.24, 2.45) is 5.92 Å². The molecule has 0 fully saturated rings. The van der Waals surface area contributed by atoms with E-state index in [1.165, 1.54) is 65.7 Å². The van der Waals surface area contributed by atoms with Gasteiger partial charge in [0, 0.05) is 4.91 Å². The molecule has 1 aliphatic carbocycles. The van der Waals surface area contributed by atoms with Gasteiger partial charge in [0.15, 0.2) is 0 Å². The first-order valence-electron chi connectivity index (χ1n) is 10.8. The minimum absolute atomic E-state index is 0.255. The maximum absolute atomic E-state index is 4.40. The molecule has 1 heteroatoms. The van der Waals surface area contributed by atoms with Crippen molar-refractivity contribution in [3.05, 3.63) is 52.4 Å². The number of hydrogen-bond donors (Lipinski definition) is 0. The van der Waals surface area contributed by atoms with Crippen LogP contribution in [0.1, 0.15) is 104 Å². The molecular formula is C26H40S. The summed E-state index contributed by atoms with van der Waals surface area (Å²) in [6, 6.07) is 7.07. The third-order valence-electron chi connectivity index (χ3n) is 6.48. The molecule has 0 aliphatic heterocycles. The van der Waals surface area contributed by atoms with E-state index in [1.54, 1.807) is 0 Å². The fourth-order valence-electron chi connectivity index (χ4n) is 4.39. The van der Waals surface area contributed by atoms with Crippen LogP contribution in [0.25, 0.3) is 4.91 Å².